The maximum atomic E-state index is 13.8. The standard InChI is InChI=1S/C29H28N2O4S/c1-3-5-20-35-29(34)21-16-18-23(19-17-21)31-27(32)25(30(4-2)22-12-8-6-9-13-22)26(28(31)33)36-24-14-10-7-11-15-24/h6-19H,3-5,20H2,1-2H3. The number of likely N-dealkylation sites (N-methyl/N-ethyl adjacent to an activating group) is 1. The van der Waals surface area contributed by atoms with Gasteiger partial charge in [-0.05, 0) is 61.9 Å². The van der Waals surface area contributed by atoms with Crippen molar-refractivity contribution in [3.8, 4) is 0 Å². The van der Waals surface area contributed by atoms with E-state index in [4.69, 9.17) is 4.74 Å². The molecule has 1 heterocycles. The zero-order chi connectivity index (χ0) is 25.5. The van der Waals surface area contributed by atoms with Crippen LogP contribution in [-0.4, -0.2) is 30.9 Å². The number of benzene rings is 3. The number of thioether (sulfide) groups is 1. The molecule has 7 heteroatoms. The lowest BCUT2D eigenvalue weighted by Gasteiger charge is -2.24. The molecule has 0 saturated carbocycles. The van der Waals surface area contributed by atoms with Crippen molar-refractivity contribution in [2.24, 2.45) is 0 Å². The number of imide groups is 1. The van der Waals surface area contributed by atoms with Crippen LogP contribution >= 0.6 is 11.8 Å². The van der Waals surface area contributed by atoms with Crippen molar-refractivity contribution in [3.63, 3.8) is 0 Å². The predicted octanol–water partition coefficient (Wildman–Crippen LogP) is 6.05. The van der Waals surface area contributed by atoms with Crippen LogP contribution in [0.1, 0.15) is 37.0 Å². The number of amides is 2. The second-order valence-corrected chi connectivity index (χ2v) is 9.24. The first kappa shape index (κ1) is 25.3. The second kappa shape index (κ2) is 11.7. The molecule has 4 rings (SSSR count). The summed E-state index contributed by atoms with van der Waals surface area (Å²) in [5.74, 6) is -1.21. The van der Waals surface area contributed by atoms with Gasteiger partial charge in [-0.1, -0.05) is 61.5 Å². The zero-order valence-corrected chi connectivity index (χ0v) is 21.2. The van der Waals surface area contributed by atoms with Crippen molar-refractivity contribution in [3.05, 3.63) is 101 Å². The van der Waals surface area contributed by atoms with Crippen molar-refractivity contribution in [1.29, 1.82) is 0 Å². The number of rotatable bonds is 10. The first-order chi connectivity index (χ1) is 17.5. The Kier molecular flexibility index (Phi) is 8.23. The fraction of sp³-hybridized carbons (Fsp3) is 0.207. The highest BCUT2D eigenvalue weighted by Crippen LogP contribution is 2.40. The van der Waals surface area contributed by atoms with Gasteiger partial charge in [0.15, 0.2) is 0 Å². The normalized spacial score (nSPS) is 13.3. The average molecular weight is 501 g/mol. The summed E-state index contributed by atoms with van der Waals surface area (Å²) in [6.07, 6.45) is 1.73. The van der Waals surface area contributed by atoms with Gasteiger partial charge in [0, 0.05) is 17.1 Å². The number of carbonyl (C=O) groups is 3. The van der Waals surface area contributed by atoms with E-state index in [1.54, 1.807) is 24.3 Å². The Hall–Kier alpha value is -3.84. The van der Waals surface area contributed by atoms with Gasteiger partial charge >= 0.3 is 5.97 Å². The minimum absolute atomic E-state index is 0.339. The number of esters is 1. The average Bonchev–Trinajstić information content (AvgIpc) is 3.15. The smallest absolute Gasteiger partial charge is 0.338 e. The van der Waals surface area contributed by atoms with Crippen LogP contribution in [0.15, 0.2) is 100 Å². The van der Waals surface area contributed by atoms with Gasteiger partial charge in [-0.25, -0.2) is 9.69 Å². The molecule has 36 heavy (non-hydrogen) atoms. The van der Waals surface area contributed by atoms with E-state index in [9.17, 15) is 14.4 Å². The summed E-state index contributed by atoms with van der Waals surface area (Å²) >= 11 is 1.28. The third kappa shape index (κ3) is 5.36. The van der Waals surface area contributed by atoms with Gasteiger partial charge in [-0.2, -0.15) is 0 Å². The van der Waals surface area contributed by atoms with Gasteiger partial charge in [0.05, 0.1) is 17.9 Å². The van der Waals surface area contributed by atoms with E-state index in [2.05, 4.69) is 0 Å². The molecule has 0 N–H and O–H groups in total. The van der Waals surface area contributed by atoms with Gasteiger partial charge in [0.25, 0.3) is 11.8 Å². The number of para-hydroxylation sites is 1. The number of ether oxygens (including phenoxy) is 1. The minimum Gasteiger partial charge on any atom is -0.462 e. The van der Waals surface area contributed by atoms with Gasteiger partial charge < -0.3 is 9.64 Å². The summed E-state index contributed by atoms with van der Waals surface area (Å²) in [6, 6.07) is 25.5. The first-order valence-corrected chi connectivity index (χ1v) is 12.8. The third-order valence-corrected chi connectivity index (χ3v) is 6.81. The summed E-state index contributed by atoms with van der Waals surface area (Å²) in [5.41, 5.74) is 1.95. The maximum absolute atomic E-state index is 13.8. The monoisotopic (exact) mass is 500 g/mol. The molecule has 3 aromatic carbocycles. The van der Waals surface area contributed by atoms with Crippen molar-refractivity contribution in [2.45, 2.75) is 31.6 Å². The summed E-state index contributed by atoms with van der Waals surface area (Å²) in [7, 11) is 0. The first-order valence-electron chi connectivity index (χ1n) is 12.0. The molecule has 1 aliphatic rings. The molecular formula is C29H28N2O4S. The van der Waals surface area contributed by atoms with Crippen molar-refractivity contribution in [2.75, 3.05) is 23.0 Å². The number of unbranched alkanes of at least 4 members (excludes halogenated alkanes) is 1. The molecule has 0 fully saturated rings. The molecule has 6 nitrogen and oxygen atoms in total. The van der Waals surface area contributed by atoms with Crippen molar-refractivity contribution < 1.29 is 19.1 Å². The van der Waals surface area contributed by atoms with Gasteiger partial charge in [-0.3, -0.25) is 9.59 Å². The van der Waals surface area contributed by atoms with Crippen LogP contribution in [0.2, 0.25) is 0 Å². The zero-order valence-electron chi connectivity index (χ0n) is 20.3. The summed E-state index contributed by atoms with van der Waals surface area (Å²) in [5, 5.41) is 0. The molecule has 0 bridgehead atoms. The van der Waals surface area contributed by atoms with Gasteiger partial charge in [0.2, 0.25) is 0 Å². The molecular weight excluding hydrogens is 472 g/mol. The quantitative estimate of drug-likeness (QED) is 0.192. The van der Waals surface area contributed by atoms with E-state index in [0.29, 0.717) is 35.0 Å². The lowest BCUT2D eigenvalue weighted by atomic mass is 10.2. The Morgan fingerprint density at radius 1 is 0.861 bits per heavy atom. The van der Waals surface area contributed by atoms with E-state index in [1.165, 1.54) is 16.7 Å². The highest BCUT2D eigenvalue weighted by molar-refractivity contribution is 8.04. The van der Waals surface area contributed by atoms with E-state index < -0.39 is 17.8 Å². The number of carbonyl (C=O) groups excluding carboxylic acids is 3. The SMILES string of the molecule is CCCCOC(=O)c1ccc(N2C(=O)C(Sc3ccccc3)=C(N(CC)c3ccccc3)C2=O)cc1. The fourth-order valence-electron chi connectivity index (χ4n) is 3.89. The summed E-state index contributed by atoms with van der Waals surface area (Å²) < 4.78 is 5.27. The van der Waals surface area contributed by atoms with E-state index in [1.807, 2.05) is 79.4 Å². The van der Waals surface area contributed by atoms with Crippen molar-refractivity contribution >= 4 is 40.9 Å². The van der Waals surface area contributed by atoms with Crippen LogP contribution in [0.5, 0.6) is 0 Å². The molecule has 0 aromatic heterocycles. The van der Waals surface area contributed by atoms with Crippen LogP contribution in [0, 0.1) is 0 Å². The Morgan fingerprint density at radius 3 is 2.11 bits per heavy atom. The van der Waals surface area contributed by atoms with E-state index in [-0.39, 0.29) is 0 Å². The summed E-state index contributed by atoms with van der Waals surface area (Å²) in [6.45, 7) is 4.84. The Labute approximate surface area is 215 Å². The number of hydrogen-bond acceptors (Lipinski definition) is 6. The Morgan fingerprint density at radius 2 is 1.50 bits per heavy atom. The van der Waals surface area contributed by atoms with Crippen LogP contribution < -0.4 is 9.80 Å². The molecule has 0 spiro atoms. The lowest BCUT2D eigenvalue weighted by molar-refractivity contribution is -0.120. The topological polar surface area (TPSA) is 66.9 Å². The number of anilines is 2. The molecule has 184 valence electrons. The Bertz CT molecular complexity index is 1260. The molecule has 0 radical (unpaired) electrons. The highest BCUT2D eigenvalue weighted by Gasteiger charge is 2.42. The fourth-order valence-corrected chi connectivity index (χ4v) is 4.89. The van der Waals surface area contributed by atoms with Crippen molar-refractivity contribution in [1.82, 2.24) is 0 Å². The minimum atomic E-state index is -0.422. The molecule has 1 aliphatic heterocycles. The Balaban J connectivity index is 1.68. The van der Waals surface area contributed by atoms with E-state index in [0.717, 1.165) is 23.4 Å². The molecule has 0 saturated heterocycles. The molecule has 0 unspecified atom stereocenters. The van der Waals surface area contributed by atoms with E-state index >= 15 is 0 Å². The number of nitrogens with zero attached hydrogens (tertiary/aromatic N) is 2. The maximum Gasteiger partial charge on any atom is 0.338 e. The van der Waals surface area contributed by atoms with Crippen LogP contribution in [-0.2, 0) is 14.3 Å². The summed E-state index contributed by atoms with van der Waals surface area (Å²) in [4.78, 5) is 44.0. The largest absolute Gasteiger partial charge is 0.462 e. The lowest BCUT2D eigenvalue weighted by Crippen LogP contribution is -2.35. The highest BCUT2D eigenvalue weighted by atomic mass is 32.2. The van der Waals surface area contributed by atoms with Gasteiger partial charge in [-0.15, -0.1) is 0 Å². The predicted molar refractivity (Wildman–Crippen MR) is 143 cm³/mol. The molecule has 3 aromatic rings. The third-order valence-electron chi connectivity index (χ3n) is 5.73. The molecule has 0 aliphatic carbocycles. The van der Waals surface area contributed by atoms with Crippen LogP contribution in [0.3, 0.4) is 0 Å². The van der Waals surface area contributed by atoms with Crippen LogP contribution in [0.4, 0.5) is 11.4 Å². The van der Waals surface area contributed by atoms with Gasteiger partial charge in [0.1, 0.15) is 10.6 Å². The molecule has 0 atom stereocenters. The molecule has 2 amide bonds. The van der Waals surface area contributed by atoms with Crippen LogP contribution in [0.25, 0.3) is 0 Å². The number of hydrogen-bond donors (Lipinski definition) is 0. The second-order valence-electron chi connectivity index (χ2n) is 8.15.